The molecule has 5 rings (SSSR count). The summed E-state index contributed by atoms with van der Waals surface area (Å²) >= 11 is 0. The summed E-state index contributed by atoms with van der Waals surface area (Å²) in [5.74, 6) is 0.840. The SMILES string of the molecule is Cc1ccccc1N1C(=O)C(Cc2ccccc2)N=C1N1CCc2ccccc2C1. The second-order valence-electron chi connectivity index (χ2n) is 8.04. The summed E-state index contributed by atoms with van der Waals surface area (Å²) in [6, 6.07) is 26.4. The molecule has 1 unspecified atom stereocenters. The van der Waals surface area contributed by atoms with E-state index in [1.54, 1.807) is 0 Å². The number of hydrogen-bond acceptors (Lipinski definition) is 3. The van der Waals surface area contributed by atoms with Gasteiger partial charge in [0.05, 0.1) is 5.69 Å². The van der Waals surface area contributed by atoms with Crippen LogP contribution in [0.4, 0.5) is 5.69 Å². The summed E-state index contributed by atoms with van der Waals surface area (Å²) in [4.78, 5) is 22.6. The third kappa shape index (κ3) is 3.39. The molecule has 0 aromatic heterocycles. The van der Waals surface area contributed by atoms with Gasteiger partial charge in [0.25, 0.3) is 5.91 Å². The highest BCUT2D eigenvalue weighted by Crippen LogP contribution is 2.30. The van der Waals surface area contributed by atoms with E-state index in [1.807, 2.05) is 41.3 Å². The zero-order valence-corrected chi connectivity index (χ0v) is 17.2. The van der Waals surface area contributed by atoms with Crippen LogP contribution in [0, 0.1) is 6.92 Å². The molecule has 0 bridgehead atoms. The van der Waals surface area contributed by atoms with Crippen LogP contribution in [0.2, 0.25) is 0 Å². The van der Waals surface area contributed by atoms with Crippen molar-refractivity contribution in [3.63, 3.8) is 0 Å². The third-order valence-electron chi connectivity index (χ3n) is 6.02. The zero-order chi connectivity index (χ0) is 20.5. The van der Waals surface area contributed by atoms with Crippen LogP contribution in [-0.2, 0) is 24.2 Å². The van der Waals surface area contributed by atoms with Crippen molar-refractivity contribution < 1.29 is 4.79 Å². The highest BCUT2D eigenvalue weighted by atomic mass is 16.2. The lowest BCUT2D eigenvalue weighted by atomic mass is 10.0. The predicted octanol–water partition coefficient (Wildman–Crippen LogP) is 4.37. The molecule has 1 amide bonds. The summed E-state index contributed by atoms with van der Waals surface area (Å²) < 4.78 is 0. The van der Waals surface area contributed by atoms with E-state index in [-0.39, 0.29) is 11.9 Å². The number of guanidine groups is 1. The van der Waals surface area contributed by atoms with Crippen LogP contribution in [0.5, 0.6) is 0 Å². The molecule has 4 nitrogen and oxygen atoms in total. The predicted molar refractivity (Wildman–Crippen MR) is 121 cm³/mol. The minimum absolute atomic E-state index is 0.0574. The van der Waals surface area contributed by atoms with Crippen LogP contribution in [-0.4, -0.2) is 29.4 Å². The molecule has 0 radical (unpaired) electrons. The molecule has 4 heteroatoms. The number of nitrogens with zero attached hydrogens (tertiary/aromatic N) is 3. The average Bonchev–Trinajstić information content (AvgIpc) is 3.10. The molecule has 0 aliphatic carbocycles. The van der Waals surface area contributed by atoms with Crippen LogP contribution in [0.25, 0.3) is 0 Å². The topological polar surface area (TPSA) is 35.9 Å². The molecule has 0 saturated heterocycles. The standard InChI is InChI=1S/C26H25N3O/c1-19-9-5-8-14-24(19)29-25(30)23(17-20-10-3-2-4-11-20)27-26(29)28-16-15-21-12-6-7-13-22(21)18-28/h2-14,23H,15-18H2,1H3. The van der Waals surface area contributed by atoms with Crippen molar-refractivity contribution in [1.82, 2.24) is 4.90 Å². The Labute approximate surface area is 177 Å². The lowest BCUT2D eigenvalue weighted by molar-refractivity contribution is -0.118. The van der Waals surface area contributed by atoms with E-state index in [9.17, 15) is 4.79 Å². The van der Waals surface area contributed by atoms with Gasteiger partial charge in [0.15, 0.2) is 0 Å². The van der Waals surface area contributed by atoms with Crippen molar-refractivity contribution >= 4 is 17.6 Å². The molecule has 1 atom stereocenters. The van der Waals surface area contributed by atoms with Crippen LogP contribution < -0.4 is 4.90 Å². The molecule has 150 valence electrons. The van der Waals surface area contributed by atoms with Crippen molar-refractivity contribution in [3.8, 4) is 0 Å². The van der Waals surface area contributed by atoms with E-state index in [0.29, 0.717) is 6.42 Å². The van der Waals surface area contributed by atoms with Gasteiger partial charge < -0.3 is 4.90 Å². The number of rotatable bonds is 3. The summed E-state index contributed by atoms with van der Waals surface area (Å²) in [6.07, 6.45) is 1.59. The lowest BCUT2D eigenvalue weighted by Crippen LogP contribution is -2.47. The van der Waals surface area contributed by atoms with Gasteiger partial charge in [-0.2, -0.15) is 0 Å². The second-order valence-corrected chi connectivity index (χ2v) is 8.04. The first-order chi connectivity index (χ1) is 14.7. The van der Waals surface area contributed by atoms with Crippen molar-refractivity contribution in [2.24, 2.45) is 4.99 Å². The number of benzene rings is 3. The summed E-state index contributed by atoms with van der Waals surface area (Å²) in [6.45, 7) is 3.70. The molecule has 0 spiro atoms. The van der Waals surface area contributed by atoms with Crippen LogP contribution in [0.3, 0.4) is 0 Å². The second kappa shape index (κ2) is 7.79. The number of para-hydroxylation sites is 1. The van der Waals surface area contributed by atoms with Gasteiger partial charge in [0.2, 0.25) is 5.96 Å². The lowest BCUT2D eigenvalue weighted by Gasteiger charge is -2.34. The molecule has 30 heavy (non-hydrogen) atoms. The van der Waals surface area contributed by atoms with Crippen LogP contribution in [0.15, 0.2) is 83.9 Å². The fraction of sp³-hybridized carbons (Fsp3) is 0.231. The monoisotopic (exact) mass is 395 g/mol. The number of amides is 1. The smallest absolute Gasteiger partial charge is 0.259 e. The fourth-order valence-corrected chi connectivity index (χ4v) is 4.40. The van der Waals surface area contributed by atoms with E-state index >= 15 is 0 Å². The van der Waals surface area contributed by atoms with E-state index in [1.165, 1.54) is 11.1 Å². The Morgan fingerprint density at radius 2 is 1.60 bits per heavy atom. The van der Waals surface area contributed by atoms with E-state index in [0.717, 1.165) is 42.3 Å². The average molecular weight is 396 g/mol. The number of carbonyl (C=O) groups is 1. The maximum absolute atomic E-state index is 13.5. The minimum atomic E-state index is -0.390. The van der Waals surface area contributed by atoms with Gasteiger partial charge in [-0.15, -0.1) is 0 Å². The first-order valence-corrected chi connectivity index (χ1v) is 10.5. The Morgan fingerprint density at radius 1 is 0.900 bits per heavy atom. The van der Waals surface area contributed by atoms with Crippen molar-refractivity contribution in [2.45, 2.75) is 32.4 Å². The molecule has 3 aromatic carbocycles. The zero-order valence-electron chi connectivity index (χ0n) is 17.2. The molecular formula is C26H25N3O. The van der Waals surface area contributed by atoms with Gasteiger partial charge in [0.1, 0.15) is 6.04 Å². The number of fused-ring (bicyclic) bond motifs is 1. The fourth-order valence-electron chi connectivity index (χ4n) is 4.40. The molecule has 0 fully saturated rings. The first-order valence-electron chi connectivity index (χ1n) is 10.5. The molecule has 0 saturated carbocycles. The van der Waals surface area contributed by atoms with E-state index in [4.69, 9.17) is 4.99 Å². The molecule has 0 N–H and O–H groups in total. The van der Waals surface area contributed by atoms with Crippen molar-refractivity contribution in [3.05, 3.63) is 101 Å². The van der Waals surface area contributed by atoms with Gasteiger partial charge in [-0.3, -0.25) is 4.79 Å². The van der Waals surface area contributed by atoms with Crippen LogP contribution >= 0.6 is 0 Å². The Kier molecular flexibility index (Phi) is 4.83. The Bertz CT molecular complexity index is 1110. The normalized spacial score (nSPS) is 18.4. The van der Waals surface area contributed by atoms with E-state index < -0.39 is 0 Å². The van der Waals surface area contributed by atoms with Crippen molar-refractivity contribution in [2.75, 3.05) is 11.4 Å². The molecule has 2 aliphatic heterocycles. The quantitative estimate of drug-likeness (QED) is 0.660. The van der Waals surface area contributed by atoms with Gasteiger partial charge >= 0.3 is 0 Å². The van der Waals surface area contributed by atoms with Crippen LogP contribution in [0.1, 0.15) is 22.3 Å². The molecule has 2 aliphatic rings. The molecule has 3 aromatic rings. The van der Waals surface area contributed by atoms with E-state index in [2.05, 4.69) is 54.3 Å². The van der Waals surface area contributed by atoms with Gasteiger partial charge in [-0.1, -0.05) is 72.8 Å². The Balaban J connectivity index is 1.51. The number of aliphatic imine (C=N–C) groups is 1. The summed E-state index contributed by atoms with van der Waals surface area (Å²) in [5, 5.41) is 0. The van der Waals surface area contributed by atoms with Gasteiger partial charge in [-0.05, 0) is 41.7 Å². The third-order valence-corrected chi connectivity index (χ3v) is 6.02. The van der Waals surface area contributed by atoms with Gasteiger partial charge in [-0.25, -0.2) is 9.89 Å². The van der Waals surface area contributed by atoms with Crippen molar-refractivity contribution in [1.29, 1.82) is 0 Å². The maximum atomic E-state index is 13.5. The first kappa shape index (κ1) is 18.6. The Morgan fingerprint density at radius 3 is 2.40 bits per heavy atom. The number of hydrogen-bond donors (Lipinski definition) is 0. The number of aryl methyl sites for hydroxylation is 1. The molecular weight excluding hydrogens is 370 g/mol. The molecule has 2 heterocycles. The number of carbonyl (C=O) groups excluding carboxylic acids is 1. The van der Waals surface area contributed by atoms with Gasteiger partial charge in [0, 0.05) is 19.5 Å². The number of anilines is 1. The largest absolute Gasteiger partial charge is 0.337 e. The highest BCUT2D eigenvalue weighted by molar-refractivity contribution is 6.22. The summed E-state index contributed by atoms with van der Waals surface area (Å²) in [7, 11) is 0. The maximum Gasteiger partial charge on any atom is 0.259 e. The Hall–Kier alpha value is -3.40. The highest BCUT2D eigenvalue weighted by Gasteiger charge is 2.39. The minimum Gasteiger partial charge on any atom is -0.337 e. The summed E-state index contributed by atoms with van der Waals surface area (Å²) in [5.41, 5.74) is 5.85.